The highest BCUT2D eigenvalue weighted by Crippen LogP contribution is 2.18. The highest BCUT2D eigenvalue weighted by molar-refractivity contribution is 5.92. The van der Waals surface area contributed by atoms with Crippen molar-refractivity contribution < 1.29 is 9.59 Å². The number of hydrogen-bond acceptors (Lipinski definition) is 3. The topological polar surface area (TPSA) is 61.4 Å². The highest BCUT2D eigenvalue weighted by Gasteiger charge is 2.23. The van der Waals surface area contributed by atoms with Crippen LogP contribution >= 0.6 is 0 Å². The van der Waals surface area contributed by atoms with E-state index in [9.17, 15) is 9.59 Å². The number of nitrogens with one attached hydrogen (secondary N) is 2. The summed E-state index contributed by atoms with van der Waals surface area (Å²) in [5, 5.41) is 5.72. The molecule has 0 aromatic heterocycles. The maximum absolute atomic E-state index is 11.8. The largest absolute Gasteiger partial charge is 0.352 e. The number of benzene rings is 1. The third-order valence-corrected chi connectivity index (χ3v) is 3.10. The second kappa shape index (κ2) is 6.52. The van der Waals surface area contributed by atoms with E-state index in [1.807, 2.05) is 31.2 Å². The molecule has 5 heteroatoms. The van der Waals surface area contributed by atoms with Gasteiger partial charge in [-0.15, -0.1) is 0 Å². The molecule has 1 aromatic carbocycles. The fourth-order valence-electron chi connectivity index (χ4n) is 1.88. The summed E-state index contributed by atoms with van der Waals surface area (Å²) in [6.07, 6.45) is 2.15. The summed E-state index contributed by atoms with van der Waals surface area (Å²) in [7, 11) is 1.77. The van der Waals surface area contributed by atoms with Crippen LogP contribution < -0.4 is 10.6 Å². The van der Waals surface area contributed by atoms with E-state index in [0.717, 1.165) is 24.1 Å². The molecule has 1 aliphatic rings. The van der Waals surface area contributed by atoms with Crippen molar-refractivity contribution in [2.75, 3.05) is 25.5 Å². The molecule has 0 spiro atoms. The Labute approximate surface area is 119 Å². The first-order valence-electron chi connectivity index (χ1n) is 6.87. The first-order chi connectivity index (χ1) is 9.52. The van der Waals surface area contributed by atoms with Crippen LogP contribution in [-0.2, 0) is 9.59 Å². The van der Waals surface area contributed by atoms with Crippen molar-refractivity contribution in [2.24, 2.45) is 0 Å². The number of amides is 2. The Morgan fingerprint density at radius 1 is 1.15 bits per heavy atom. The molecule has 0 saturated heterocycles. The fraction of sp³-hybridized carbons (Fsp3) is 0.467. The lowest BCUT2D eigenvalue weighted by Gasteiger charge is -2.16. The van der Waals surface area contributed by atoms with Gasteiger partial charge in [0.1, 0.15) is 0 Å². The van der Waals surface area contributed by atoms with Gasteiger partial charge in [-0.1, -0.05) is 17.7 Å². The Morgan fingerprint density at radius 2 is 1.75 bits per heavy atom. The Kier molecular flexibility index (Phi) is 4.74. The normalized spacial score (nSPS) is 14.2. The highest BCUT2D eigenvalue weighted by atomic mass is 16.2. The van der Waals surface area contributed by atoms with E-state index in [4.69, 9.17) is 0 Å². The molecule has 20 heavy (non-hydrogen) atoms. The molecule has 2 amide bonds. The molecule has 0 unspecified atom stereocenters. The minimum Gasteiger partial charge on any atom is -0.352 e. The van der Waals surface area contributed by atoms with Gasteiger partial charge in [-0.25, -0.2) is 0 Å². The van der Waals surface area contributed by atoms with Gasteiger partial charge < -0.3 is 10.6 Å². The molecule has 1 saturated carbocycles. The van der Waals surface area contributed by atoms with Gasteiger partial charge in [-0.2, -0.15) is 0 Å². The summed E-state index contributed by atoms with van der Waals surface area (Å²) < 4.78 is 0. The molecular formula is C15H21N3O2. The molecule has 1 fully saturated rings. The summed E-state index contributed by atoms with van der Waals surface area (Å²) in [6.45, 7) is 2.45. The number of anilines is 1. The van der Waals surface area contributed by atoms with Crippen molar-refractivity contribution in [3.05, 3.63) is 29.8 Å². The quantitative estimate of drug-likeness (QED) is 0.818. The SMILES string of the molecule is Cc1ccc(NC(=O)CN(C)CC(=O)NC2CC2)cc1. The van der Waals surface area contributed by atoms with Crippen molar-refractivity contribution in [1.82, 2.24) is 10.2 Å². The van der Waals surface area contributed by atoms with Crippen LogP contribution in [0.15, 0.2) is 24.3 Å². The summed E-state index contributed by atoms with van der Waals surface area (Å²) in [5.74, 6) is -0.131. The molecule has 2 N–H and O–H groups in total. The summed E-state index contributed by atoms with van der Waals surface area (Å²) in [4.78, 5) is 25.1. The molecule has 0 atom stereocenters. The zero-order chi connectivity index (χ0) is 14.5. The minimum atomic E-state index is -0.115. The first kappa shape index (κ1) is 14.5. The lowest BCUT2D eigenvalue weighted by atomic mass is 10.2. The minimum absolute atomic E-state index is 0.0156. The van der Waals surface area contributed by atoms with Crippen LogP contribution in [-0.4, -0.2) is 42.9 Å². The predicted molar refractivity (Wildman–Crippen MR) is 78.5 cm³/mol. The second-order valence-corrected chi connectivity index (χ2v) is 5.43. The van der Waals surface area contributed by atoms with Crippen LogP contribution in [0, 0.1) is 6.92 Å². The summed E-state index contributed by atoms with van der Waals surface area (Å²) in [6, 6.07) is 7.99. The molecule has 0 aliphatic heterocycles. The lowest BCUT2D eigenvalue weighted by Crippen LogP contribution is -2.39. The van der Waals surface area contributed by atoms with Crippen LogP contribution in [0.3, 0.4) is 0 Å². The van der Waals surface area contributed by atoms with Gasteiger partial charge in [0.05, 0.1) is 13.1 Å². The van der Waals surface area contributed by atoms with Crippen LogP contribution in [0.5, 0.6) is 0 Å². The Hall–Kier alpha value is -1.88. The summed E-state index contributed by atoms with van der Waals surface area (Å²) in [5.41, 5.74) is 1.92. The second-order valence-electron chi connectivity index (χ2n) is 5.43. The van der Waals surface area contributed by atoms with E-state index in [1.54, 1.807) is 11.9 Å². The smallest absolute Gasteiger partial charge is 0.238 e. The Balaban J connectivity index is 1.72. The van der Waals surface area contributed by atoms with Gasteiger partial charge in [0.15, 0.2) is 0 Å². The van der Waals surface area contributed by atoms with Crippen LogP contribution in [0.25, 0.3) is 0 Å². The molecule has 0 radical (unpaired) electrons. The maximum Gasteiger partial charge on any atom is 0.238 e. The third kappa shape index (κ3) is 5.01. The zero-order valence-electron chi connectivity index (χ0n) is 12.0. The van der Waals surface area contributed by atoms with E-state index in [-0.39, 0.29) is 24.9 Å². The number of carbonyl (C=O) groups excluding carboxylic acids is 2. The molecule has 1 aromatic rings. The molecule has 0 heterocycles. The van der Waals surface area contributed by atoms with Crippen molar-refractivity contribution in [2.45, 2.75) is 25.8 Å². The van der Waals surface area contributed by atoms with Crippen LogP contribution in [0.1, 0.15) is 18.4 Å². The lowest BCUT2D eigenvalue weighted by molar-refractivity contribution is -0.123. The molecule has 0 bridgehead atoms. The molecule has 108 valence electrons. The Bertz CT molecular complexity index is 480. The van der Waals surface area contributed by atoms with Gasteiger partial charge in [-0.05, 0) is 38.9 Å². The van der Waals surface area contributed by atoms with Crippen molar-refractivity contribution >= 4 is 17.5 Å². The number of hydrogen-bond donors (Lipinski definition) is 2. The van der Waals surface area contributed by atoms with Crippen LogP contribution in [0.4, 0.5) is 5.69 Å². The number of nitrogens with zero attached hydrogens (tertiary/aromatic N) is 1. The number of rotatable bonds is 6. The standard InChI is InChI=1S/C15H21N3O2/c1-11-3-5-12(6-4-11)16-14(19)9-18(2)10-15(20)17-13-7-8-13/h3-6,13H,7-10H2,1-2H3,(H,16,19)(H,17,20). The fourth-order valence-corrected chi connectivity index (χ4v) is 1.88. The first-order valence-corrected chi connectivity index (χ1v) is 6.87. The molecule has 2 rings (SSSR count). The van der Waals surface area contributed by atoms with Crippen molar-refractivity contribution in [1.29, 1.82) is 0 Å². The summed E-state index contributed by atoms with van der Waals surface area (Å²) >= 11 is 0. The van der Waals surface area contributed by atoms with Crippen molar-refractivity contribution in [3.63, 3.8) is 0 Å². The molecular weight excluding hydrogens is 254 g/mol. The predicted octanol–water partition coefficient (Wildman–Crippen LogP) is 1.14. The van der Waals surface area contributed by atoms with E-state index < -0.39 is 0 Å². The average Bonchev–Trinajstić information content (AvgIpc) is 3.15. The number of likely N-dealkylation sites (N-methyl/N-ethyl adjacent to an activating group) is 1. The van der Waals surface area contributed by atoms with Crippen LogP contribution in [0.2, 0.25) is 0 Å². The Morgan fingerprint density at radius 3 is 2.35 bits per heavy atom. The van der Waals surface area contributed by atoms with Gasteiger partial charge in [0, 0.05) is 11.7 Å². The van der Waals surface area contributed by atoms with E-state index in [1.165, 1.54) is 0 Å². The van der Waals surface area contributed by atoms with Gasteiger partial charge in [-0.3, -0.25) is 14.5 Å². The third-order valence-electron chi connectivity index (χ3n) is 3.10. The number of carbonyl (C=O) groups is 2. The maximum atomic E-state index is 11.8. The van der Waals surface area contributed by atoms with E-state index in [0.29, 0.717) is 6.04 Å². The molecule has 5 nitrogen and oxygen atoms in total. The zero-order valence-corrected chi connectivity index (χ0v) is 12.0. The van der Waals surface area contributed by atoms with Crippen molar-refractivity contribution in [3.8, 4) is 0 Å². The number of aryl methyl sites for hydroxylation is 1. The average molecular weight is 275 g/mol. The van der Waals surface area contributed by atoms with Gasteiger partial charge >= 0.3 is 0 Å². The van der Waals surface area contributed by atoms with E-state index >= 15 is 0 Å². The monoisotopic (exact) mass is 275 g/mol. The van der Waals surface area contributed by atoms with Gasteiger partial charge in [0.25, 0.3) is 0 Å². The van der Waals surface area contributed by atoms with Gasteiger partial charge in [0.2, 0.25) is 11.8 Å². The molecule has 1 aliphatic carbocycles. The van der Waals surface area contributed by atoms with E-state index in [2.05, 4.69) is 10.6 Å².